The van der Waals surface area contributed by atoms with E-state index in [4.69, 9.17) is 12.2 Å². The molecule has 0 aliphatic rings. The van der Waals surface area contributed by atoms with E-state index in [-0.39, 0.29) is 5.88 Å². The Morgan fingerprint density at radius 2 is 1.74 bits per heavy atom. The third-order valence-corrected chi connectivity index (χ3v) is 4.91. The number of thioether (sulfide) groups is 1. The van der Waals surface area contributed by atoms with Crippen LogP contribution in [-0.4, -0.2) is 14.7 Å². The van der Waals surface area contributed by atoms with Crippen LogP contribution < -0.4 is 0 Å². The van der Waals surface area contributed by atoms with E-state index in [9.17, 15) is 5.11 Å². The van der Waals surface area contributed by atoms with E-state index >= 15 is 0 Å². The summed E-state index contributed by atoms with van der Waals surface area (Å²) in [4.78, 5) is 3.12. The maximum absolute atomic E-state index is 10.5. The Kier molecular flexibility index (Phi) is 4.88. The molecule has 3 rings (SSSR count). The number of aromatic hydroxyl groups is 1. The quantitative estimate of drug-likeness (QED) is 0.642. The predicted molar refractivity (Wildman–Crippen MR) is 98.8 cm³/mol. The SMILES string of the molecule is Cc1ccc(-n2c(O)c(CSCc3ccccc3)[nH]c2=S)cc1. The van der Waals surface area contributed by atoms with E-state index in [2.05, 4.69) is 17.1 Å². The van der Waals surface area contributed by atoms with Crippen LogP contribution in [0.3, 0.4) is 0 Å². The summed E-state index contributed by atoms with van der Waals surface area (Å²) in [5.74, 6) is 1.78. The number of aromatic amines is 1. The number of aromatic nitrogens is 2. The fraction of sp³-hybridized carbons (Fsp3) is 0.167. The second kappa shape index (κ2) is 7.06. The molecule has 0 unspecified atom stereocenters. The van der Waals surface area contributed by atoms with Gasteiger partial charge in [0.2, 0.25) is 5.88 Å². The second-order valence-corrected chi connectivity index (χ2v) is 6.75. The Bertz CT molecular complexity index is 836. The van der Waals surface area contributed by atoms with Gasteiger partial charge >= 0.3 is 0 Å². The number of imidazole rings is 1. The largest absolute Gasteiger partial charge is 0.493 e. The number of nitrogens with one attached hydrogen (secondary N) is 1. The first-order valence-corrected chi connectivity index (χ1v) is 8.93. The molecule has 0 saturated carbocycles. The number of nitrogens with zero attached hydrogens (tertiary/aromatic N) is 1. The molecule has 1 heterocycles. The molecular weight excluding hydrogens is 324 g/mol. The Hall–Kier alpha value is -1.98. The molecule has 0 spiro atoms. The molecule has 0 atom stereocenters. The fourth-order valence-corrected chi connectivity index (χ4v) is 3.60. The van der Waals surface area contributed by atoms with Gasteiger partial charge in [-0.25, -0.2) is 0 Å². The molecule has 2 aromatic carbocycles. The second-order valence-electron chi connectivity index (χ2n) is 5.38. The summed E-state index contributed by atoms with van der Waals surface area (Å²) in [7, 11) is 0. The van der Waals surface area contributed by atoms with Crippen LogP contribution in [0.1, 0.15) is 16.8 Å². The lowest BCUT2D eigenvalue weighted by Crippen LogP contribution is -1.93. The van der Waals surface area contributed by atoms with Crippen molar-refractivity contribution in [3.8, 4) is 11.6 Å². The molecule has 0 fully saturated rings. The molecule has 0 radical (unpaired) electrons. The average Bonchev–Trinajstić information content (AvgIpc) is 2.84. The predicted octanol–water partition coefficient (Wildman–Crippen LogP) is 4.98. The van der Waals surface area contributed by atoms with Crippen LogP contribution in [0.25, 0.3) is 5.69 Å². The maximum Gasteiger partial charge on any atom is 0.218 e. The minimum atomic E-state index is 0.194. The summed E-state index contributed by atoms with van der Waals surface area (Å²) in [5.41, 5.74) is 4.08. The molecule has 118 valence electrons. The van der Waals surface area contributed by atoms with Gasteiger partial charge in [0.1, 0.15) is 0 Å². The van der Waals surface area contributed by atoms with Gasteiger partial charge in [-0.05, 0) is 36.8 Å². The summed E-state index contributed by atoms with van der Waals surface area (Å²) >= 11 is 7.10. The van der Waals surface area contributed by atoms with Gasteiger partial charge in [-0.15, -0.1) is 0 Å². The monoisotopic (exact) mass is 342 g/mol. The minimum Gasteiger partial charge on any atom is -0.493 e. The lowest BCUT2D eigenvalue weighted by atomic mass is 10.2. The molecule has 0 aliphatic heterocycles. The van der Waals surface area contributed by atoms with Gasteiger partial charge in [0.25, 0.3) is 0 Å². The number of benzene rings is 2. The lowest BCUT2D eigenvalue weighted by Gasteiger charge is -2.05. The summed E-state index contributed by atoms with van der Waals surface area (Å²) in [5, 5.41) is 10.5. The highest BCUT2D eigenvalue weighted by Gasteiger charge is 2.12. The summed E-state index contributed by atoms with van der Waals surface area (Å²) in [6.45, 7) is 2.03. The van der Waals surface area contributed by atoms with Crippen molar-refractivity contribution in [1.29, 1.82) is 0 Å². The van der Waals surface area contributed by atoms with Crippen molar-refractivity contribution in [1.82, 2.24) is 9.55 Å². The number of H-pyrrole nitrogens is 1. The third kappa shape index (κ3) is 3.68. The third-order valence-electron chi connectivity index (χ3n) is 3.59. The van der Waals surface area contributed by atoms with E-state index in [1.807, 2.05) is 49.4 Å². The zero-order chi connectivity index (χ0) is 16.2. The van der Waals surface area contributed by atoms with E-state index in [0.29, 0.717) is 10.5 Å². The molecule has 23 heavy (non-hydrogen) atoms. The molecular formula is C18H18N2OS2. The molecule has 3 nitrogen and oxygen atoms in total. The molecule has 2 N–H and O–H groups in total. The van der Waals surface area contributed by atoms with Crippen molar-refractivity contribution in [3.05, 3.63) is 76.2 Å². The number of hydrogen-bond donors (Lipinski definition) is 2. The first-order valence-electron chi connectivity index (χ1n) is 7.37. The van der Waals surface area contributed by atoms with Crippen molar-refractivity contribution < 1.29 is 5.11 Å². The fourth-order valence-electron chi connectivity index (χ4n) is 2.35. The van der Waals surface area contributed by atoms with Crippen LogP contribution in [0.5, 0.6) is 5.88 Å². The maximum atomic E-state index is 10.5. The van der Waals surface area contributed by atoms with Crippen molar-refractivity contribution in [3.63, 3.8) is 0 Å². The highest BCUT2D eigenvalue weighted by atomic mass is 32.2. The molecule has 0 amide bonds. The number of rotatable bonds is 5. The van der Waals surface area contributed by atoms with Crippen LogP contribution in [0, 0.1) is 11.7 Å². The van der Waals surface area contributed by atoms with Gasteiger partial charge in [-0.2, -0.15) is 11.8 Å². The smallest absolute Gasteiger partial charge is 0.218 e. The van der Waals surface area contributed by atoms with Crippen molar-refractivity contribution in [2.45, 2.75) is 18.4 Å². The van der Waals surface area contributed by atoms with Crippen molar-refractivity contribution >= 4 is 24.0 Å². The van der Waals surface area contributed by atoms with E-state index < -0.39 is 0 Å². The summed E-state index contributed by atoms with van der Waals surface area (Å²) in [6.07, 6.45) is 0. The summed E-state index contributed by atoms with van der Waals surface area (Å²) < 4.78 is 2.19. The zero-order valence-electron chi connectivity index (χ0n) is 12.8. The number of hydrogen-bond acceptors (Lipinski definition) is 3. The zero-order valence-corrected chi connectivity index (χ0v) is 14.5. The highest BCUT2D eigenvalue weighted by Crippen LogP contribution is 2.27. The van der Waals surface area contributed by atoms with Crippen molar-refractivity contribution in [2.24, 2.45) is 0 Å². The lowest BCUT2D eigenvalue weighted by molar-refractivity contribution is 0.437. The average molecular weight is 342 g/mol. The van der Waals surface area contributed by atoms with Gasteiger partial charge in [-0.3, -0.25) is 4.57 Å². The summed E-state index contributed by atoms with van der Waals surface area (Å²) in [6, 6.07) is 18.2. The van der Waals surface area contributed by atoms with Crippen LogP contribution in [0.15, 0.2) is 54.6 Å². The van der Waals surface area contributed by atoms with Gasteiger partial charge in [0.05, 0.1) is 11.4 Å². The molecule has 0 saturated heterocycles. The van der Waals surface area contributed by atoms with Crippen LogP contribution in [0.2, 0.25) is 0 Å². The Morgan fingerprint density at radius 1 is 1.04 bits per heavy atom. The minimum absolute atomic E-state index is 0.194. The van der Waals surface area contributed by atoms with Crippen LogP contribution in [-0.2, 0) is 11.5 Å². The van der Waals surface area contributed by atoms with Gasteiger partial charge < -0.3 is 10.1 Å². The standard InChI is InChI=1S/C18H18N2OS2/c1-13-7-9-15(10-8-13)20-17(21)16(19-18(20)22)12-23-11-14-5-3-2-4-6-14/h2-10,21H,11-12H2,1H3,(H,19,22). The molecule has 0 aliphatic carbocycles. The van der Waals surface area contributed by atoms with E-state index in [0.717, 1.165) is 17.1 Å². The normalized spacial score (nSPS) is 10.8. The molecule has 3 aromatic rings. The first kappa shape index (κ1) is 15.9. The van der Waals surface area contributed by atoms with Gasteiger partial charge in [0, 0.05) is 11.5 Å². The van der Waals surface area contributed by atoms with Crippen LogP contribution in [0.4, 0.5) is 0 Å². The topological polar surface area (TPSA) is 41.0 Å². The van der Waals surface area contributed by atoms with E-state index in [1.54, 1.807) is 16.3 Å². The van der Waals surface area contributed by atoms with Crippen molar-refractivity contribution in [2.75, 3.05) is 0 Å². The highest BCUT2D eigenvalue weighted by molar-refractivity contribution is 7.97. The molecule has 5 heteroatoms. The first-order chi connectivity index (χ1) is 11.1. The Balaban J connectivity index is 1.75. The molecule has 1 aromatic heterocycles. The Morgan fingerprint density at radius 3 is 2.43 bits per heavy atom. The van der Waals surface area contributed by atoms with Gasteiger partial charge in [-0.1, -0.05) is 48.0 Å². The Labute approximate surface area is 145 Å². The molecule has 0 bridgehead atoms. The van der Waals surface area contributed by atoms with Gasteiger partial charge in [0.15, 0.2) is 4.77 Å². The number of aryl methyl sites for hydroxylation is 1. The van der Waals surface area contributed by atoms with E-state index in [1.165, 1.54) is 11.1 Å². The van der Waals surface area contributed by atoms with Crippen LogP contribution >= 0.6 is 24.0 Å².